The van der Waals surface area contributed by atoms with Crippen LogP contribution in [0.4, 0.5) is 16.2 Å². The molecular formula is C28H33N5O7. The van der Waals surface area contributed by atoms with Crippen LogP contribution in [0.2, 0.25) is 0 Å². The zero-order valence-electron chi connectivity index (χ0n) is 22.4. The van der Waals surface area contributed by atoms with Crippen molar-refractivity contribution < 1.29 is 24.2 Å². The lowest BCUT2D eigenvalue weighted by Gasteiger charge is -2.15. The molecule has 2 amide bonds. The molecule has 12 nitrogen and oxygen atoms in total. The van der Waals surface area contributed by atoms with E-state index in [1.54, 1.807) is 24.3 Å². The Morgan fingerprint density at radius 3 is 2.40 bits per heavy atom. The van der Waals surface area contributed by atoms with Crippen molar-refractivity contribution in [2.45, 2.75) is 39.3 Å². The fraction of sp³-hybridized carbons (Fsp3) is 0.321. The highest BCUT2D eigenvalue weighted by molar-refractivity contribution is 6.01. The maximum Gasteiger partial charge on any atom is 0.330 e. The van der Waals surface area contributed by atoms with Crippen LogP contribution in [0.3, 0.4) is 0 Å². The van der Waals surface area contributed by atoms with Crippen molar-refractivity contribution in [1.82, 2.24) is 14.5 Å². The lowest BCUT2D eigenvalue weighted by atomic mass is 10.1. The lowest BCUT2D eigenvalue weighted by Crippen LogP contribution is -2.40. The fourth-order valence-corrected chi connectivity index (χ4v) is 4.07. The van der Waals surface area contributed by atoms with Gasteiger partial charge in [-0.1, -0.05) is 30.3 Å². The number of hydrogen-bond acceptors (Lipinski definition) is 7. The minimum atomic E-state index is -1.04. The van der Waals surface area contributed by atoms with Gasteiger partial charge >= 0.3 is 17.7 Å². The standard InChI is InChI=1S/C28H33N5O7/c1-19-7-3-4-9-22(19)30-27(38)31-23-10-5-8-20(26(23)40-2)17-21(34)18-29-13-6-14-33-24(35)11-15-32(28(33)39)16-12-25(36)37/h3-5,7-11,15,29H,6,12-14,16-18H2,1-2H3,(H,36,37)(H2,30,31,38). The van der Waals surface area contributed by atoms with Crippen LogP contribution in [0.15, 0.2) is 64.3 Å². The van der Waals surface area contributed by atoms with Crippen molar-refractivity contribution in [3.63, 3.8) is 0 Å². The van der Waals surface area contributed by atoms with Gasteiger partial charge in [-0.3, -0.25) is 23.5 Å². The second-order valence-electron chi connectivity index (χ2n) is 9.06. The number of carbonyl (C=O) groups excluding carboxylic acids is 2. The first kappa shape index (κ1) is 29.8. The summed E-state index contributed by atoms with van der Waals surface area (Å²) >= 11 is 0. The van der Waals surface area contributed by atoms with E-state index in [1.165, 1.54) is 23.9 Å². The Bertz CT molecular complexity index is 1480. The van der Waals surface area contributed by atoms with Gasteiger partial charge in [-0.25, -0.2) is 9.59 Å². The smallest absolute Gasteiger partial charge is 0.330 e. The second-order valence-corrected chi connectivity index (χ2v) is 9.06. The lowest BCUT2D eigenvalue weighted by molar-refractivity contribution is -0.137. The number of anilines is 2. The number of carboxylic acids is 1. The molecule has 0 radical (unpaired) electrons. The molecule has 0 aliphatic rings. The van der Waals surface area contributed by atoms with E-state index in [1.807, 2.05) is 25.1 Å². The summed E-state index contributed by atoms with van der Waals surface area (Å²) in [7, 11) is 1.47. The van der Waals surface area contributed by atoms with E-state index in [0.717, 1.165) is 10.1 Å². The summed E-state index contributed by atoms with van der Waals surface area (Å²) in [5.74, 6) is -0.770. The summed E-state index contributed by atoms with van der Waals surface area (Å²) in [5.41, 5.74) is 1.59. The van der Waals surface area contributed by atoms with Gasteiger partial charge in [0.2, 0.25) is 0 Å². The number of amides is 2. The van der Waals surface area contributed by atoms with Gasteiger partial charge < -0.3 is 25.8 Å². The van der Waals surface area contributed by atoms with Crippen LogP contribution in [0.25, 0.3) is 0 Å². The number of benzene rings is 2. The first-order valence-electron chi connectivity index (χ1n) is 12.7. The molecular weight excluding hydrogens is 518 g/mol. The van der Waals surface area contributed by atoms with E-state index in [4.69, 9.17) is 9.84 Å². The molecule has 4 N–H and O–H groups in total. The number of ketones is 1. The molecule has 0 bridgehead atoms. The average molecular weight is 552 g/mol. The van der Waals surface area contributed by atoms with Crippen molar-refractivity contribution >= 4 is 29.2 Å². The molecule has 0 fully saturated rings. The summed E-state index contributed by atoms with van der Waals surface area (Å²) in [4.78, 5) is 60.5. The highest BCUT2D eigenvalue weighted by Crippen LogP contribution is 2.29. The van der Waals surface area contributed by atoms with E-state index in [2.05, 4.69) is 16.0 Å². The van der Waals surface area contributed by atoms with Crippen LogP contribution < -0.4 is 31.9 Å². The number of methoxy groups -OCH3 is 1. The Morgan fingerprint density at radius 1 is 0.950 bits per heavy atom. The number of rotatable bonds is 14. The summed E-state index contributed by atoms with van der Waals surface area (Å²) in [6, 6.07) is 13.3. The number of carboxylic acid groups (broad SMARTS) is 1. The number of aryl methyl sites for hydroxylation is 2. The summed E-state index contributed by atoms with van der Waals surface area (Å²) < 4.78 is 7.73. The van der Waals surface area contributed by atoms with Crippen LogP contribution in [-0.2, 0) is 29.1 Å². The molecule has 2 aromatic carbocycles. The van der Waals surface area contributed by atoms with Crippen LogP contribution in [-0.4, -0.2) is 52.2 Å². The van der Waals surface area contributed by atoms with Gasteiger partial charge in [0.15, 0.2) is 5.78 Å². The van der Waals surface area contributed by atoms with Crippen molar-refractivity contribution in [1.29, 1.82) is 0 Å². The molecule has 3 aromatic rings. The van der Waals surface area contributed by atoms with Crippen LogP contribution in [0.1, 0.15) is 24.0 Å². The molecule has 0 aliphatic carbocycles. The Morgan fingerprint density at radius 2 is 1.68 bits per heavy atom. The van der Waals surface area contributed by atoms with E-state index in [0.29, 0.717) is 35.7 Å². The highest BCUT2D eigenvalue weighted by Gasteiger charge is 2.15. The SMILES string of the molecule is COc1c(CC(=O)CNCCCn2c(=O)ccn(CCC(=O)O)c2=O)cccc1NC(=O)Nc1ccccc1C. The molecule has 212 valence electrons. The van der Waals surface area contributed by atoms with Crippen LogP contribution in [0.5, 0.6) is 5.75 Å². The zero-order chi connectivity index (χ0) is 29.1. The number of Topliss-reactive ketones (excluding diaryl/α,β-unsaturated/α-hetero) is 1. The number of nitrogens with one attached hydrogen (secondary N) is 3. The molecule has 0 spiro atoms. The number of aliphatic carboxylic acids is 1. The minimum absolute atomic E-state index is 0.0290. The van der Waals surface area contributed by atoms with E-state index < -0.39 is 23.2 Å². The van der Waals surface area contributed by atoms with Gasteiger partial charge in [-0.05, 0) is 37.6 Å². The number of carbonyl (C=O) groups is 3. The van der Waals surface area contributed by atoms with Crippen molar-refractivity contribution in [2.24, 2.45) is 0 Å². The Kier molecular flexibility index (Phi) is 10.8. The number of urea groups is 1. The number of nitrogens with zero attached hydrogens (tertiary/aromatic N) is 2. The number of hydrogen-bond donors (Lipinski definition) is 4. The third-order valence-electron chi connectivity index (χ3n) is 6.09. The second kappa shape index (κ2) is 14.4. The number of ether oxygens (including phenoxy) is 1. The molecule has 40 heavy (non-hydrogen) atoms. The molecule has 0 unspecified atom stereocenters. The van der Waals surface area contributed by atoms with E-state index in [-0.39, 0.29) is 38.3 Å². The third-order valence-corrected chi connectivity index (χ3v) is 6.09. The van der Waals surface area contributed by atoms with Gasteiger partial charge in [0.05, 0.1) is 25.8 Å². The van der Waals surface area contributed by atoms with Gasteiger partial charge in [0.1, 0.15) is 5.75 Å². The largest absolute Gasteiger partial charge is 0.494 e. The Labute approximate surface area is 230 Å². The average Bonchev–Trinajstić information content (AvgIpc) is 2.91. The predicted octanol–water partition coefficient (Wildman–Crippen LogP) is 2.24. The van der Waals surface area contributed by atoms with Crippen molar-refractivity contribution in [3.05, 3.63) is 86.7 Å². The highest BCUT2D eigenvalue weighted by atomic mass is 16.5. The summed E-state index contributed by atoms with van der Waals surface area (Å²) in [5, 5.41) is 17.4. The molecule has 0 saturated heterocycles. The van der Waals surface area contributed by atoms with Gasteiger partial charge in [0.25, 0.3) is 5.56 Å². The van der Waals surface area contributed by atoms with Crippen LogP contribution >= 0.6 is 0 Å². The van der Waals surface area contributed by atoms with E-state index >= 15 is 0 Å². The molecule has 1 heterocycles. The molecule has 12 heteroatoms. The first-order valence-corrected chi connectivity index (χ1v) is 12.7. The van der Waals surface area contributed by atoms with Gasteiger partial charge in [-0.15, -0.1) is 0 Å². The number of aromatic nitrogens is 2. The normalized spacial score (nSPS) is 10.7. The fourth-order valence-electron chi connectivity index (χ4n) is 4.07. The predicted molar refractivity (Wildman–Crippen MR) is 150 cm³/mol. The monoisotopic (exact) mass is 551 g/mol. The van der Waals surface area contributed by atoms with Crippen molar-refractivity contribution in [3.8, 4) is 5.75 Å². The van der Waals surface area contributed by atoms with E-state index in [9.17, 15) is 24.0 Å². The molecule has 0 saturated carbocycles. The topological polar surface area (TPSA) is 161 Å². The zero-order valence-corrected chi connectivity index (χ0v) is 22.4. The maximum atomic E-state index is 12.6. The Balaban J connectivity index is 1.51. The first-order chi connectivity index (χ1) is 19.2. The van der Waals surface area contributed by atoms with Crippen LogP contribution in [0, 0.1) is 6.92 Å². The summed E-state index contributed by atoms with van der Waals surface area (Å²) in [6.07, 6.45) is 1.53. The molecule has 1 aromatic heterocycles. The summed E-state index contributed by atoms with van der Waals surface area (Å²) in [6.45, 7) is 2.41. The number of para-hydroxylation sites is 2. The quantitative estimate of drug-likeness (QED) is 0.222. The third kappa shape index (κ3) is 8.40. The molecule has 3 rings (SSSR count). The Hall–Kier alpha value is -4.71. The van der Waals surface area contributed by atoms with Gasteiger partial charge in [0, 0.05) is 43.0 Å². The van der Waals surface area contributed by atoms with Gasteiger partial charge in [-0.2, -0.15) is 0 Å². The maximum absolute atomic E-state index is 12.6. The van der Waals surface area contributed by atoms with Crippen molar-refractivity contribution in [2.75, 3.05) is 30.8 Å². The molecule has 0 atom stereocenters. The minimum Gasteiger partial charge on any atom is -0.494 e. The molecule has 0 aliphatic heterocycles.